The second kappa shape index (κ2) is 18.3. The Hall–Kier alpha value is -2.04. The number of nitriles is 1. The van der Waals surface area contributed by atoms with Crippen LogP contribution in [-0.2, 0) is 16.0 Å². The van der Waals surface area contributed by atoms with E-state index in [0.717, 1.165) is 36.9 Å². The number of aryl methyl sites for hydroxylation is 2. The van der Waals surface area contributed by atoms with Crippen molar-refractivity contribution in [3.05, 3.63) is 68.7 Å². The number of ether oxygens (including phenoxy) is 1. The third-order valence-corrected chi connectivity index (χ3v) is 6.59. The lowest BCUT2D eigenvalue weighted by molar-refractivity contribution is -0.106. The second-order valence-electron chi connectivity index (χ2n) is 8.93. The van der Waals surface area contributed by atoms with Crippen molar-refractivity contribution in [3.63, 3.8) is 0 Å². The van der Waals surface area contributed by atoms with Crippen LogP contribution in [0.25, 0.3) is 0 Å². The summed E-state index contributed by atoms with van der Waals surface area (Å²) in [5, 5.41) is 10.6. The van der Waals surface area contributed by atoms with Gasteiger partial charge in [0.2, 0.25) is 0 Å². The van der Waals surface area contributed by atoms with Gasteiger partial charge in [-0.05, 0) is 93.6 Å². The van der Waals surface area contributed by atoms with Crippen LogP contribution in [0.5, 0.6) is 0 Å². The number of carbonyl (C=O) groups is 1. The Balaban J connectivity index is 0.000000471. The van der Waals surface area contributed by atoms with E-state index in [0.29, 0.717) is 41.6 Å². The summed E-state index contributed by atoms with van der Waals surface area (Å²) in [6.45, 7) is 10.5. The van der Waals surface area contributed by atoms with Crippen molar-refractivity contribution in [2.75, 3.05) is 26.2 Å². The molecule has 2 aromatic carbocycles. The zero-order valence-corrected chi connectivity index (χ0v) is 23.7. The van der Waals surface area contributed by atoms with Crippen LogP contribution < -0.4 is 0 Å². The molecule has 204 valence electrons. The van der Waals surface area contributed by atoms with Gasteiger partial charge in [-0.1, -0.05) is 49.5 Å². The van der Waals surface area contributed by atoms with Gasteiger partial charge < -0.3 is 14.4 Å². The van der Waals surface area contributed by atoms with E-state index in [2.05, 4.69) is 11.0 Å². The lowest BCUT2D eigenvalue weighted by Gasteiger charge is -2.23. The van der Waals surface area contributed by atoms with Gasteiger partial charge in [-0.25, -0.2) is 8.78 Å². The first-order valence-electron chi connectivity index (χ1n) is 12.7. The second-order valence-corrected chi connectivity index (χ2v) is 9.75. The quantitative estimate of drug-likeness (QED) is 0.293. The van der Waals surface area contributed by atoms with E-state index < -0.39 is 11.6 Å². The SMILES string of the molecule is CC=O.CCCc1cc(F)c(F)cc1C(CC)OCC(C#N)CN1CCCC1.Cc1ccc(Cl)c(Cl)c1. The predicted molar refractivity (Wildman–Crippen MR) is 147 cm³/mol. The van der Waals surface area contributed by atoms with Crippen molar-refractivity contribution in [1.82, 2.24) is 4.90 Å². The van der Waals surface area contributed by atoms with Crippen molar-refractivity contribution in [3.8, 4) is 6.07 Å². The van der Waals surface area contributed by atoms with Gasteiger partial charge in [0.05, 0.1) is 34.7 Å². The van der Waals surface area contributed by atoms with Gasteiger partial charge >= 0.3 is 0 Å². The van der Waals surface area contributed by atoms with Crippen LogP contribution in [0.4, 0.5) is 8.78 Å². The van der Waals surface area contributed by atoms with Gasteiger partial charge in [0.1, 0.15) is 6.29 Å². The summed E-state index contributed by atoms with van der Waals surface area (Å²) in [6, 6.07) is 10.4. The average Bonchev–Trinajstić information content (AvgIpc) is 3.38. The van der Waals surface area contributed by atoms with E-state index in [4.69, 9.17) is 32.7 Å². The third-order valence-electron chi connectivity index (χ3n) is 5.85. The molecule has 0 radical (unpaired) electrons. The fourth-order valence-corrected chi connectivity index (χ4v) is 4.41. The predicted octanol–water partition coefficient (Wildman–Crippen LogP) is 8.13. The highest BCUT2D eigenvalue weighted by Crippen LogP contribution is 2.28. The number of rotatable bonds is 9. The van der Waals surface area contributed by atoms with Gasteiger partial charge in [0, 0.05) is 6.54 Å². The van der Waals surface area contributed by atoms with Gasteiger partial charge in [-0.3, -0.25) is 0 Å². The van der Waals surface area contributed by atoms with Crippen molar-refractivity contribution in [1.29, 1.82) is 5.26 Å². The summed E-state index contributed by atoms with van der Waals surface area (Å²) in [5.74, 6) is -1.86. The summed E-state index contributed by atoms with van der Waals surface area (Å²) >= 11 is 11.3. The van der Waals surface area contributed by atoms with Gasteiger partial charge in [-0.2, -0.15) is 5.26 Å². The largest absolute Gasteiger partial charge is 0.372 e. The molecule has 37 heavy (non-hydrogen) atoms. The summed E-state index contributed by atoms with van der Waals surface area (Å²) in [5.41, 5.74) is 2.63. The third kappa shape index (κ3) is 11.9. The molecule has 0 N–H and O–H groups in total. The minimum absolute atomic E-state index is 0.202. The summed E-state index contributed by atoms with van der Waals surface area (Å²) in [6.07, 6.45) is 5.00. The maximum Gasteiger partial charge on any atom is 0.159 e. The van der Waals surface area contributed by atoms with Crippen LogP contribution in [0.15, 0.2) is 30.3 Å². The average molecular weight is 556 g/mol. The Bertz CT molecular complexity index is 1010. The Kier molecular flexibility index (Phi) is 16.3. The number of carbonyl (C=O) groups excluding carboxylic acids is 1. The Morgan fingerprint density at radius 2 is 1.73 bits per heavy atom. The molecule has 0 bridgehead atoms. The molecule has 2 unspecified atom stereocenters. The molecule has 1 fully saturated rings. The molecule has 2 atom stereocenters. The molecule has 0 spiro atoms. The molecule has 4 nitrogen and oxygen atoms in total. The fourth-order valence-electron chi connectivity index (χ4n) is 4.06. The number of aldehydes is 1. The van der Waals surface area contributed by atoms with E-state index >= 15 is 0 Å². The number of halogens is 4. The monoisotopic (exact) mass is 554 g/mol. The number of benzene rings is 2. The van der Waals surface area contributed by atoms with E-state index in [-0.39, 0.29) is 12.0 Å². The molecule has 2 aromatic rings. The number of hydrogen-bond acceptors (Lipinski definition) is 4. The van der Waals surface area contributed by atoms with E-state index in [1.54, 1.807) is 6.07 Å². The number of nitrogens with zero attached hydrogens (tertiary/aromatic N) is 2. The first-order chi connectivity index (χ1) is 17.7. The van der Waals surface area contributed by atoms with Crippen molar-refractivity contribution < 1.29 is 18.3 Å². The first kappa shape index (κ1) is 33.0. The smallest absolute Gasteiger partial charge is 0.159 e. The lowest BCUT2D eigenvalue weighted by Crippen LogP contribution is -2.29. The van der Waals surface area contributed by atoms with Crippen LogP contribution in [-0.4, -0.2) is 37.4 Å². The molecular formula is C29H38Cl2F2N2O2. The lowest BCUT2D eigenvalue weighted by atomic mass is 9.96. The van der Waals surface area contributed by atoms with E-state index in [1.165, 1.54) is 31.9 Å². The van der Waals surface area contributed by atoms with E-state index in [1.807, 2.05) is 32.9 Å². The molecule has 0 saturated carbocycles. The molecule has 0 aliphatic carbocycles. The molecule has 1 aliphatic heterocycles. The Labute approximate surface area is 230 Å². The summed E-state index contributed by atoms with van der Waals surface area (Å²) in [4.78, 5) is 11.1. The molecule has 1 saturated heterocycles. The van der Waals surface area contributed by atoms with Crippen molar-refractivity contribution in [2.24, 2.45) is 5.92 Å². The molecule has 0 amide bonds. The first-order valence-corrected chi connectivity index (χ1v) is 13.5. The standard InChI is InChI=1S/C20H28F2N2O.C7H6Cl2.C2H4O/c1-3-7-16-10-18(21)19(22)11-17(16)20(4-2)25-14-15(12-23)13-24-8-5-6-9-24;1-5-2-3-6(8)7(9)4-5;1-2-3/h10-11,15,20H,3-9,13-14H2,1-2H3;2-4H,1H3;2H,1H3. The number of likely N-dealkylation sites (tertiary alicyclic amines) is 1. The zero-order valence-electron chi connectivity index (χ0n) is 22.2. The van der Waals surface area contributed by atoms with Crippen LogP contribution in [0.2, 0.25) is 10.0 Å². The van der Waals surface area contributed by atoms with Crippen LogP contribution in [0.1, 0.15) is 69.2 Å². The maximum atomic E-state index is 13.7. The van der Waals surface area contributed by atoms with Gasteiger partial charge in [0.15, 0.2) is 11.6 Å². The topological polar surface area (TPSA) is 53.3 Å². The highest BCUT2D eigenvalue weighted by molar-refractivity contribution is 6.42. The van der Waals surface area contributed by atoms with Crippen LogP contribution in [0.3, 0.4) is 0 Å². The Morgan fingerprint density at radius 1 is 1.11 bits per heavy atom. The van der Waals surface area contributed by atoms with Gasteiger partial charge in [0.25, 0.3) is 0 Å². The minimum atomic E-state index is -0.842. The molecular weight excluding hydrogens is 517 g/mol. The molecule has 8 heteroatoms. The molecule has 1 aliphatic rings. The Morgan fingerprint density at radius 3 is 2.24 bits per heavy atom. The maximum absolute atomic E-state index is 13.7. The zero-order chi connectivity index (χ0) is 27.8. The summed E-state index contributed by atoms with van der Waals surface area (Å²) in [7, 11) is 0. The van der Waals surface area contributed by atoms with Crippen LogP contribution in [0, 0.1) is 35.8 Å². The molecule has 0 aromatic heterocycles. The highest BCUT2D eigenvalue weighted by Gasteiger charge is 2.21. The molecule has 1 heterocycles. The van der Waals surface area contributed by atoms with Gasteiger partial charge in [-0.15, -0.1) is 0 Å². The number of hydrogen-bond donors (Lipinski definition) is 0. The summed E-state index contributed by atoms with van der Waals surface area (Å²) < 4.78 is 33.3. The normalized spacial score (nSPS) is 14.5. The molecule has 3 rings (SSSR count). The minimum Gasteiger partial charge on any atom is -0.372 e. The highest BCUT2D eigenvalue weighted by atomic mass is 35.5. The van der Waals surface area contributed by atoms with Crippen molar-refractivity contribution in [2.45, 2.75) is 65.9 Å². The van der Waals surface area contributed by atoms with E-state index in [9.17, 15) is 14.0 Å². The van der Waals surface area contributed by atoms with Crippen molar-refractivity contribution >= 4 is 29.5 Å². The van der Waals surface area contributed by atoms with Crippen LogP contribution >= 0.6 is 23.2 Å². The fraction of sp³-hybridized carbons (Fsp3) is 0.517.